The average Bonchev–Trinajstić information content (AvgIpc) is 3.14. The molecule has 0 saturated heterocycles. The van der Waals surface area contributed by atoms with Gasteiger partial charge in [-0.2, -0.15) is 0 Å². The summed E-state index contributed by atoms with van der Waals surface area (Å²) in [5, 5.41) is 26.0. The van der Waals surface area contributed by atoms with Crippen molar-refractivity contribution in [2.75, 3.05) is 10.6 Å². The van der Waals surface area contributed by atoms with Crippen molar-refractivity contribution in [3.8, 4) is 0 Å². The second kappa shape index (κ2) is 10.3. The van der Waals surface area contributed by atoms with E-state index >= 15 is 0 Å². The Bertz CT molecular complexity index is 1070. The van der Waals surface area contributed by atoms with Crippen molar-refractivity contribution >= 4 is 46.3 Å². The third kappa shape index (κ3) is 5.74. The first-order valence-corrected chi connectivity index (χ1v) is 10.8. The number of anilines is 2. The lowest BCUT2D eigenvalue weighted by Crippen LogP contribution is -2.23. The Morgan fingerprint density at radius 1 is 1.23 bits per heavy atom. The second-order valence-electron chi connectivity index (χ2n) is 6.53. The van der Waals surface area contributed by atoms with Gasteiger partial charge in [-0.05, 0) is 38.1 Å². The lowest BCUT2D eigenvalue weighted by molar-refractivity contribution is -0.384. The summed E-state index contributed by atoms with van der Waals surface area (Å²) in [4.78, 5) is 22.8. The van der Waals surface area contributed by atoms with Gasteiger partial charge in [-0.3, -0.25) is 14.9 Å². The SMILES string of the molecule is CCn1c(CNc2ccccc2Cl)nnc1S[C@H](C)C(=O)Nc1ccc([N+](=O)[O-])cc1. The Morgan fingerprint density at radius 2 is 1.94 bits per heavy atom. The van der Waals surface area contributed by atoms with Gasteiger partial charge in [0.1, 0.15) is 0 Å². The predicted octanol–water partition coefficient (Wildman–Crippen LogP) is 4.59. The lowest BCUT2D eigenvalue weighted by Gasteiger charge is -2.13. The summed E-state index contributed by atoms with van der Waals surface area (Å²) in [6, 6.07) is 13.1. The number of benzene rings is 2. The fourth-order valence-electron chi connectivity index (χ4n) is 2.76. The maximum absolute atomic E-state index is 12.5. The Kier molecular flexibility index (Phi) is 7.48. The Balaban J connectivity index is 1.62. The highest BCUT2D eigenvalue weighted by Crippen LogP contribution is 2.25. The van der Waals surface area contributed by atoms with E-state index in [0.29, 0.717) is 29.0 Å². The molecule has 162 valence electrons. The van der Waals surface area contributed by atoms with Crippen molar-refractivity contribution < 1.29 is 9.72 Å². The first-order valence-electron chi connectivity index (χ1n) is 9.51. The number of hydrogen-bond acceptors (Lipinski definition) is 7. The highest BCUT2D eigenvalue weighted by atomic mass is 35.5. The fraction of sp³-hybridized carbons (Fsp3) is 0.250. The first kappa shape index (κ1) is 22.6. The number of nitro benzene ring substituents is 1. The quantitative estimate of drug-likeness (QED) is 0.272. The molecule has 1 heterocycles. The van der Waals surface area contributed by atoms with Crippen LogP contribution in [0.2, 0.25) is 5.02 Å². The van der Waals surface area contributed by atoms with Gasteiger partial charge in [-0.1, -0.05) is 35.5 Å². The Hall–Kier alpha value is -3.11. The van der Waals surface area contributed by atoms with Crippen LogP contribution in [0.15, 0.2) is 53.7 Å². The van der Waals surface area contributed by atoms with Gasteiger partial charge in [-0.15, -0.1) is 10.2 Å². The number of aromatic nitrogens is 3. The molecule has 0 aliphatic heterocycles. The molecule has 3 rings (SSSR count). The highest BCUT2D eigenvalue weighted by Gasteiger charge is 2.20. The number of halogens is 1. The summed E-state index contributed by atoms with van der Waals surface area (Å²) in [5.41, 5.74) is 1.26. The molecule has 31 heavy (non-hydrogen) atoms. The molecule has 0 fully saturated rings. The van der Waals surface area contributed by atoms with Crippen molar-refractivity contribution in [3.05, 3.63) is 69.5 Å². The topological polar surface area (TPSA) is 115 Å². The molecule has 0 spiro atoms. The number of nitrogens with one attached hydrogen (secondary N) is 2. The number of carbonyl (C=O) groups excluding carboxylic acids is 1. The molecule has 9 nitrogen and oxygen atoms in total. The van der Waals surface area contributed by atoms with Gasteiger partial charge < -0.3 is 15.2 Å². The number of non-ortho nitro benzene ring substituents is 1. The van der Waals surface area contributed by atoms with Crippen LogP contribution in [-0.4, -0.2) is 30.8 Å². The van der Waals surface area contributed by atoms with Crippen LogP contribution in [0.25, 0.3) is 0 Å². The molecule has 0 aliphatic carbocycles. The summed E-state index contributed by atoms with van der Waals surface area (Å²) in [7, 11) is 0. The molecular formula is C20H21ClN6O3S. The van der Waals surface area contributed by atoms with Crippen LogP contribution in [0.1, 0.15) is 19.7 Å². The van der Waals surface area contributed by atoms with Gasteiger partial charge in [0, 0.05) is 24.4 Å². The number of nitrogens with zero attached hydrogens (tertiary/aromatic N) is 4. The molecule has 1 atom stereocenters. The van der Waals surface area contributed by atoms with Crippen molar-refractivity contribution in [2.45, 2.75) is 37.3 Å². The molecule has 3 aromatic rings. The minimum atomic E-state index is -0.486. The van der Waals surface area contributed by atoms with Gasteiger partial charge in [-0.25, -0.2) is 0 Å². The molecule has 0 aliphatic rings. The van der Waals surface area contributed by atoms with Gasteiger partial charge in [0.2, 0.25) is 5.91 Å². The molecular weight excluding hydrogens is 440 g/mol. The molecule has 2 N–H and O–H groups in total. The van der Waals surface area contributed by atoms with Crippen molar-refractivity contribution in [2.24, 2.45) is 0 Å². The molecule has 11 heteroatoms. The number of nitro groups is 1. The van der Waals surface area contributed by atoms with E-state index in [2.05, 4.69) is 20.8 Å². The smallest absolute Gasteiger partial charge is 0.269 e. The normalized spacial score (nSPS) is 11.7. The maximum Gasteiger partial charge on any atom is 0.269 e. The summed E-state index contributed by atoms with van der Waals surface area (Å²) in [5.74, 6) is 0.494. The van der Waals surface area contributed by atoms with E-state index < -0.39 is 10.2 Å². The molecule has 1 amide bonds. The zero-order valence-electron chi connectivity index (χ0n) is 16.9. The highest BCUT2D eigenvalue weighted by molar-refractivity contribution is 8.00. The molecule has 0 bridgehead atoms. The van der Waals surface area contributed by atoms with E-state index in [4.69, 9.17) is 11.6 Å². The fourth-order valence-corrected chi connectivity index (χ4v) is 3.89. The summed E-state index contributed by atoms with van der Waals surface area (Å²) in [6.07, 6.45) is 0. The Morgan fingerprint density at radius 3 is 2.58 bits per heavy atom. The summed E-state index contributed by atoms with van der Waals surface area (Å²) in [6.45, 7) is 4.83. The second-order valence-corrected chi connectivity index (χ2v) is 8.24. The van der Waals surface area contributed by atoms with Crippen LogP contribution in [-0.2, 0) is 17.9 Å². The summed E-state index contributed by atoms with van der Waals surface area (Å²) < 4.78 is 1.93. The number of amides is 1. The molecule has 2 aromatic carbocycles. The van der Waals surface area contributed by atoms with E-state index in [1.54, 1.807) is 13.0 Å². The number of thioether (sulfide) groups is 1. The average molecular weight is 461 g/mol. The standard InChI is InChI=1S/C20H21ClN6O3S/c1-3-26-18(12-22-17-7-5-4-6-16(17)21)24-25-20(26)31-13(2)19(28)23-14-8-10-15(11-9-14)27(29)30/h4-11,13,22H,3,12H2,1-2H3,(H,23,28)/t13-/m1/s1. The zero-order valence-corrected chi connectivity index (χ0v) is 18.5. The van der Waals surface area contributed by atoms with E-state index in [0.717, 1.165) is 11.5 Å². The van der Waals surface area contributed by atoms with Gasteiger partial charge in [0.05, 0.1) is 27.4 Å². The van der Waals surface area contributed by atoms with Crippen LogP contribution in [0.5, 0.6) is 0 Å². The van der Waals surface area contributed by atoms with Crippen LogP contribution in [0.4, 0.5) is 17.1 Å². The minimum absolute atomic E-state index is 0.0330. The molecule has 0 radical (unpaired) electrons. The van der Waals surface area contributed by atoms with Crippen LogP contribution in [0, 0.1) is 10.1 Å². The molecule has 0 saturated carbocycles. The van der Waals surface area contributed by atoms with Gasteiger partial charge in [0.25, 0.3) is 5.69 Å². The zero-order chi connectivity index (χ0) is 22.4. The maximum atomic E-state index is 12.5. The molecule has 0 unspecified atom stereocenters. The van der Waals surface area contributed by atoms with E-state index in [1.165, 1.54) is 36.0 Å². The number of carbonyl (C=O) groups is 1. The number of hydrogen-bond donors (Lipinski definition) is 2. The van der Waals surface area contributed by atoms with Gasteiger partial charge in [0.15, 0.2) is 11.0 Å². The molecule has 1 aromatic heterocycles. The van der Waals surface area contributed by atoms with Crippen LogP contribution in [0.3, 0.4) is 0 Å². The predicted molar refractivity (Wildman–Crippen MR) is 122 cm³/mol. The van der Waals surface area contributed by atoms with Crippen molar-refractivity contribution in [1.82, 2.24) is 14.8 Å². The van der Waals surface area contributed by atoms with E-state index in [-0.39, 0.29) is 11.6 Å². The van der Waals surface area contributed by atoms with E-state index in [1.807, 2.05) is 29.7 Å². The monoisotopic (exact) mass is 460 g/mol. The van der Waals surface area contributed by atoms with Crippen LogP contribution < -0.4 is 10.6 Å². The third-order valence-electron chi connectivity index (χ3n) is 4.42. The Labute approximate surface area is 188 Å². The summed E-state index contributed by atoms with van der Waals surface area (Å²) >= 11 is 7.47. The van der Waals surface area contributed by atoms with Crippen molar-refractivity contribution in [3.63, 3.8) is 0 Å². The van der Waals surface area contributed by atoms with E-state index in [9.17, 15) is 14.9 Å². The van der Waals surface area contributed by atoms with Gasteiger partial charge >= 0.3 is 0 Å². The first-order chi connectivity index (χ1) is 14.9. The van der Waals surface area contributed by atoms with Crippen molar-refractivity contribution in [1.29, 1.82) is 0 Å². The number of para-hydroxylation sites is 1. The number of rotatable bonds is 9. The lowest BCUT2D eigenvalue weighted by atomic mass is 10.3. The van der Waals surface area contributed by atoms with Crippen LogP contribution >= 0.6 is 23.4 Å². The minimum Gasteiger partial charge on any atom is -0.377 e. The third-order valence-corrected chi connectivity index (χ3v) is 5.83. The largest absolute Gasteiger partial charge is 0.377 e.